The zero-order valence-electron chi connectivity index (χ0n) is 17.3. The number of esters is 1. The average molecular weight is 424 g/mol. The summed E-state index contributed by atoms with van der Waals surface area (Å²) in [7, 11) is -1.24. The first-order chi connectivity index (χ1) is 13.7. The number of nitrogens with zero attached hydrogens (tertiary/aromatic N) is 4. The van der Waals surface area contributed by atoms with E-state index in [0.717, 1.165) is 24.0 Å². The quantitative estimate of drug-likeness (QED) is 0.614. The van der Waals surface area contributed by atoms with Crippen LogP contribution in [0, 0.1) is 5.92 Å². The van der Waals surface area contributed by atoms with E-state index in [0.29, 0.717) is 12.1 Å². The van der Waals surface area contributed by atoms with Crippen molar-refractivity contribution in [3.05, 3.63) is 18.6 Å². The van der Waals surface area contributed by atoms with E-state index in [-0.39, 0.29) is 36.5 Å². The fourth-order valence-electron chi connectivity index (χ4n) is 3.43. The van der Waals surface area contributed by atoms with Crippen LogP contribution in [-0.4, -0.2) is 53.8 Å². The summed E-state index contributed by atoms with van der Waals surface area (Å²) < 4.78 is 33.7. The van der Waals surface area contributed by atoms with Crippen molar-refractivity contribution in [2.45, 2.75) is 58.8 Å². The van der Waals surface area contributed by atoms with Gasteiger partial charge >= 0.3 is 5.97 Å². The molecule has 1 fully saturated rings. The molecule has 1 aliphatic rings. The van der Waals surface area contributed by atoms with Crippen LogP contribution in [0.25, 0.3) is 11.0 Å². The molecule has 29 heavy (non-hydrogen) atoms. The summed E-state index contributed by atoms with van der Waals surface area (Å²) in [5.41, 5.74) is 0.693. The molecule has 2 aromatic heterocycles. The molecule has 10 heteroatoms. The number of ether oxygens (including phenoxy) is 1. The van der Waals surface area contributed by atoms with E-state index in [4.69, 9.17) is 4.74 Å². The smallest absolute Gasteiger partial charge is 0.310 e. The van der Waals surface area contributed by atoms with Crippen LogP contribution in [0.3, 0.4) is 0 Å². The zero-order chi connectivity index (χ0) is 21.2. The number of hydrogen-bond acceptors (Lipinski definition) is 7. The van der Waals surface area contributed by atoms with Crippen molar-refractivity contribution < 1.29 is 17.9 Å². The number of hydrogen-bond donors (Lipinski definition) is 1. The van der Waals surface area contributed by atoms with Crippen molar-refractivity contribution in [3.8, 4) is 0 Å². The lowest BCUT2D eigenvalue weighted by Gasteiger charge is -2.41. The van der Waals surface area contributed by atoms with Gasteiger partial charge in [0.1, 0.15) is 17.8 Å². The van der Waals surface area contributed by atoms with Crippen molar-refractivity contribution in [2.75, 3.05) is 17.7 Å². The van der Waals surface area contributed by atoms with E-state index in [9.17, 15) is 13.2 Å². The van der Waals surface area contributed by atoms with E-state index in [1.165, 1.54) is 6.33 Å². The molecule has 0 aliphatic heterocycles. The number of carbonyl (C=O) groups is 1. The maximum atomic E-state index is 11.9. The summed E-state index contributed by atoms with van der Waals surface area (Å²) in [4.78, 5) is 22.6. The van der Waals surface area contributed by atoms with Gasteiger partial charge in [0.05, 0.1) is 17.1 Å². The first-order valence-electron chi connectivity index (χ1n) is 9.91. The van der Waals surface area contributed by atoms with E-state index in [2.05, 4.69) is 19.6 Å². The Bertz CT molecular complexity index is 966. The van der Waals surface area contributed by atoms with Gasteiger partial charge in [-0.05, 0) is 25.3 Å². The molecule has 2 heterocycles. The predicted octanol–water partition coefficient (Wildman–Crippen LogP) is 1.88. The third kappa shape index (κ3) is 4.87. The summed E-state index contributed by atoms with van der Waals surface area (Å²) >= 11 is 0. The summed E-state index contributed by atoms with van der Waals surface area (Å²) in [6.45, 7) is 5.54. The van der Waals surface area contributed by atoms with Crippen LogP contribution in [0.5, 0.6) is 0 Å². The third-order valence-electron chi connectivity index (χ3n) is 5.17. The van der Waals surface area contributed by atoms with Crippen LogP contribution in [-0.2, 0) is 26.3 Å². The minimum atomic E-state index is -3.20. The predicted molar refractivity (Wildman–Crippen MR) is 111 cm³/mol. The number of fused-ring (bicyclic) bond motifs is 1. The molecular formula is C19H29N5O4S. The molecule has 1 N–H and O–H groups in total. The Hall–Kier alpha value is -2.20. The van der Waals surface area contributed by atoms with Crippen molar-refractivity contribution in [1.82, 2.24) is 19.3 Å². The maximum Gasteiger partial charge on any atom is 0.310 e. The molecule has 3 rings (SSSR count). The highest BCUT2D eigenvalue weighted by molar-refractivity contribution is 7.89. The Morgan fingerprint density at radius 1 is 1.38 bits per heavy atom. The van der Waals surface area contributed by atoms with Gasteiger partial charge in [-0.25, -0.2) is 23.1 Å². The molecule has 0 spiro atoms. The van der Waals surface area contributed by atoms with E-state index < -0.39 is 10.0 Å². The zero-order valence-corrected chi connectivity index (χ0v) is 18.1. The number of aromatic nitrogens is 3. The van der Waals surface area contributed by atoms with Gasteiger partial charge in [-0.3, -0.25) is 9.36 Å². The Labute approximate surface area is 171 Å². The largest absolute Gasteiger partial charge is 0.444 e. The number of rotatable bonds is 9. The van der Waals surface area contributed by atoms with Gasteiger partial charge in [0.2, 0.25) is 10.0 Å². The number of anilines is 1. The Morgan fingerprint density at radius 2 is 2.10 bits per heavy atom. The fraction of sp³-hybridized carbons (Fsp3) is 0.632. The van der Waals surface area contributed by atoms with Gasteiger partial charge in [0.15, 0.2) is 6.73 Å². The molecule has 0 bridgehead atoms. The summed E-state index contributed by atoms with van der Waals surface area (Å²) in [5.74, 6) is 0.494. The minimum absolute atomic E-state index is 0.0311. The molecular weight excluding hydrogens is 394 g/mol. The number of nitrogens with one attached hydrogen (secondary N) is 1. The highest BCUT2D eigenvalue weighted by Gasteiger charge is 2.35. The molecule has 0 amide bonds. The minimum Gasteiger partial charge on any atom is -0.444 e. The van der Waals surface area contributed by atoms with Gasteiger partial charge in [0, 0.05) is 25.3 Å². The summed E-state index contributed by atoms with van der Waals surface area (Å²) in [6, 6.07) is 2.07. The van der Waals surface area contributed by atoms with Crippen molar-refractivity contribution in [3.63, 3.8) is 0 Å². The van der Waals surface area contributed by atoms with Crippen molar-refractivity contribution >= 4 is 32.8 Å². The highest BCUT2D eigenvalue weighted by Crippen LogP contribution is 2.32. The Balaban J connectivity index is 1.67. The number of sulfonamides is 1. The van der Waals surface area contributed by atoms with Crippen LogP contribution in [0.1, 0.15) is 40.0 Å². The van der Waals surface area contributed by atoms with Crippen LogP contribution >= 0.6 is 0 Å². The molecule has 0 atom stereocenters. The fourth-order valence-corrected chi connectivity index (χ4v) is 4.79. The van der Waals surface area contributed by atoms with Crippen LogP contribution < -0.4 is 9.62 Å². The molecule has 0 saturated heterocycles. The SMILES string of the molecule is CCCS(=O)(=O)NC1CC(N(C)c2ncnc3c2ccn3COC(=O)C(C)C)C1. The topological polar surface area (TPSA) is 106 Å². The molecule has 1 saturated carbocycles. The maximum absolute atomic E-state index is 11.9. The van der Waals surface area contributed by atoms with E-state index in [1.54, 1.807) is 18.4 Å². The monoisotopic (exact) mass is 423 g/mol. The lowest BCUT2D eigenvalue weighted by molar-refractivity contribution is -0.151. The van der Waals surface area contributed by atoms with Crippen LogP contribution in [0.15, 0.2) is 18.6 Å². The molecule has 0 aromatic carbocycles. The molecule has 0 radical (unpaired) electrons. The molecule has 2 aromatic rings. The van der Waals surface area contributed by atoms with Crippen LogP contribution in [0.2, 0.25) is 0 Å². The van der Waals surface area contributed by atoms with Gasteiger partial charge in [-0.1, -0.05) is 20.8 Å². The summed E-state index contributed by atoms with van der Waals surface area (Å²) in [5, 5.41) is 0.866. The Morgan fingerprint density at radius 3 is 2.76 bits per heavy atom. The first kappa shape index (κ1) is 21.5. The number of carbonyl (C=O) groups excluding carboxylic acids is 1. The average Bonchev–Trinajstić information content (AvgIpc) is 3.04. The lowest BCUT2D eigenvalue weighted by atomic mass is 9.86. The molecule has 0 unspecified atom stereocenters. The molecule has 1 aliphatic carbocycles. The van der Waals surface area contributed by atoms with Gasteiger partial charge < -0.3 is 9.64 Å². The second-order valence-electron chi connectivity index (χ2n) is 7.84. The summed E-state index contributed by atoms with van der Waals surface area (Å²) in [6.07, 6.45) is 5.39. The third-order valence-corrected chi connectivity index (χ3v) is 6.80. The van der Waals surface area contributed by atoms with Crippen LogP contribution in [0.4, 0.5) is 5.82 Å². The van der Waals surface area contributed by atoms with Crippen molar-refractivity contribution in [1.29, 1.82) is 0 Å². The lowest BCUT2D eigenvalue weighted by Crippen LogP contribution is -2.53. The van der Waals surface area contributed by atoms with E-state index >= 15 is 0 Å². The van der Waals surface area contributed by atoms with Gasteiger partial charge in [0.25, 0.3) is 0 Å². The highest BCUT2D eigenvalue weighted by atomic mass is 32.2. The standard InChI is InChI=1S/C19H29N5O4S/c1-5-8-29(26,27)22-14-9-15(10-14)23(4)17-16-6-7-24(18(16)21-11-20-17)12-28-19(25)13(2)3/h6-7,11,13-15,22H,5,8-10,12H2,1-4H3. The van der Waals surface area contributed by atoms with E-state index in [1.807, 2.05) is 26.2 Å². The van der Waals surface area contributed by atoms with Gasteiger partial charge in [-0.15, -0.1) is 0 Å². The molecule has 9 nitrogen and oxygen atoms in total. The first-order valence-corrected chi connectivity index (χ1v) is 11.6. The second-order valence-corrected chi connectivity index (χ2v) is 9.71. The van der Waals surface area contributed by atoms with Gasteiger partial charge in [-0.2, -0.15) is 0 Å². The van der Waals surface area contributed by atoms with Crippen molar-refractivity contribution in [2.24, 2.45) is 5.92 Å². The Kier molecular flexibility index (Phi) is 6.42. The molecule has 160 valence electrons. The normalized spacial score (nSPS) is 19.3. The second kappa shape index (κ2) is 8.66.